The van der Waals surface area contributed by atoms with Gasteiger partial charge < -0.3 is 9.64 Å². The van der Waals surface area contributed by atoms with Crippen LogP contribution in [-0.4, -0.2) is 45.8 Å². The summed E-state index contributed by atoms with van der Waals surface area (Å²) in [5, 5.41) is 0. The van der Waals surface area contributed by atoms with Gasteiger partial charge in [0.15, 0.2) is 0 Å². The molecule has 5 nitrogen and oxygen atoms in total. The van der Waals surface area contributed by atoms with Crippen molar-refractivity contribution >= 4 is 15.7 Å². The number of hydrogen-bond donors (Lipinski definition) is 1. The first-order valence-corrected chi connectivity index (χ1v) is 11.0. The quantitative estimate of drug-likeness (QED) is 0.710. The number of aryl methyl sites for hydroxylation is 2. The van der Waals surface area contributed by atoms with Gasteiger partial charge in [0.05, 0.1) is 6.26 Å². The fraction of sp³-hybridized carbons (Fsp3) is 0.429. The Labute approximate surface area is 163 Å². The molecule has 0 amide bonds. The molecule has 0 aromatic heterocycles. The standard InChI is InChI=1S/C21H30N2O3S/c1-16-7-6-8-17(2)21(16)26-18(3)15-23(4)14-13-19-9-11-20(12-10-19)22-27(5,24)25/h6-12,18,22H,13-15H2,1-5H3. The molecule has 0 fully saturated rings. The Morgan fingerprint density at radius 1 is 1.07 bits per heavy atom. The van der Waals surface area contributed by atoms with Crippen LogP contribution in [0.3, 0.4) is 0 Å². The summed E-state index contributed by atoms with van der Waals surface area (Å²) < 4.78 is 31.1. The highest BCUT2D eigenvalue weighted by Crippen LogP contribution is 2.23. The molecular formula is C21H30N2O3S. The van der Waals surface area contributed by atoms with Gasteiger partial charge in [0.25, 0.3) is 0 Å². The van der Waals surface area contributed by atoms with E-state index in [2.05, 4.69) is 49.6 Å². The zero-order chi connectivity index (χ0) is 20.0. The van der Waals surface area contributed by atoms with Crippen molar-refractivity contribution in [2.45, 2.75) is 33.3 Å². The summed E-state index contributed by atoms with van der Waals surface area (Å²) in [5.74, 6) is 0.979. The Balaban J connectivity index is 1.82. The SMILES string of the molecule is Cc1cccc(C)c1OC(C)CN(C)CCc1ccc(NS(C)(=O)=O)cc1. The molecule has 0 saturated heterocycles. The van der Waals surface area contributed by atoms with Crippen LogP contribution in [0.1, 0.15) is 23.6 Å². The van der Waals surface area contributed by atoms with Crippen LogP contribution < -0.4 is 9.46 Å². The van der Waals surface area contributed by atoms with E-state index in [0.717, 1.165) is 42.6 Å². The molecule has 0 spiro atoms. The van der Waals surface area contributed by atoms with Crippen LogP contribution in [0, 0.1) is 13.8 Å². The highest BCUT2D eigenvalue weighted by molar-refractivity contribution is 7.92. The number of benzene rings is 2. The Morgan fingerprint density at radius 2 is 1.67 bits per heavy atom. The molecule has 2 aromatic rings. The maximum absolute atomic E-state index is 11.2. The number of anilines is 1. The van der Waals surface area contributed by atoms with Gasteiger partial charge in [-0.05, 0) is 63.1 Å². The van der Waals surface area contributed by atoms with Crippen molar-refractivity contribution in [1.82, 2.24) is 4.90 Å². The highest BCUT2D eigenvalue weighted by atomic mass is 32.2. The molecule has 0 bridgehead atoms. The topological polar surface area (TPSA) is 58.6 Å². The predicted octanol–water partition coefficient (Wildman–Crippen LogP) is 3.62. The van der Waals surface area contributed by atoms with Gasteiger partial charge in [0.2, 0.25) is 10.0 Å². The first kappa shape index (κ1) is 21.3. The van der Waals surface area contributed by atoms with Crippen LogP contribution in [-0.2, 0) is 16.4 Å². The molecule has 1 unspecified atom stereocenters. The lowest BCUT2D eigenvalue weighted by Gasteiger charge is -2.24. The molecule has 27 heavy (non-hydrogen) atoms. The summed E-state index contributed by atoms with van der Waals surface area (Å²) in [5.41, 5.74) is 4.08. The maximum atomic E-state index is 11.2. The van der Waals surface area contributed by atoms with Gasteiger partial charge in [-0.3, -0.25) is 4.72 Å². The van der Waals surface area contributed by atoms with Crippen molar-refractivity contribution in [3.8, 4) is 5.75 Å². The maximum Gasteiger partial charge on any atom is 0.229 e. The molecule has 1 N–H and O–H groups in total. The van der Waals surface area contributed by atoms with Crippen LogP contribution in [0.4, 0.5) is 5.69 Å². The van der Waals surface area contributed by atoms with Gasteiger partial charge in [0, 0.05) is 18.8 Å². The molecule has 0 heterocycles. The third-order valence-electron chi connectivity index (χ3n) is 4.34. The first-order chi connectivity index (χ1) is 12.6. The lowest BCUT2D eigenvalue weighted by atomic mass is 10.1. The number of rotatable bonds is 9. The molecule has 6 heteroatoms. The minimum atomic E-state index is -3.23. The lowest BCUT2D eigenvalue weighted by molar-refractivity contribution is 0.161. The summed E-state index contributed by atoms with van der Waals surface area (Å²) in [6, 6.07) is 13.7. The van der Waals surface area contributed by atoms with Crippen molar-refractivity contribution in [2.24, 2.45) is 0 Å². The fourth-order valence-electron chi connectivity index (χ4n) is 3.03. The van der Waals surface area contributed by atoms with E-state index in [1.165, 1.54) is 5.56 Å². The number of nitrogens with one attached hydrogen (secondary N) is 1. The molecule has 0 aliphatic heterocycles. The van der Waals surface area contributed by atoms with E-state index in [0.29, 0.717) is 5.69 Å². The molecule has 0 radical (unpaired) electrons. The van der Waals surface area contributed by atoms with Gasteiger partial charge in [-0.1, -0.05) is 30.3 Å². The van der Waals surface area contributed by atoms with E-state index in [1.54, 1.807) is 12.1 Å². The van der Waals surface area contributed by atoms with Crippen molar-refractivity contribution in [1.29, 1.82) is 0 Å². The summed E-state index contributed by atoms with van der Waals surface area (Å²) in [7, 11) is -1.15. The number of nitrogens with zero attached hydrogens (tertiary/aromatic N) is 1. The van der Waals surface area contributed by atoms with E-state index in [-0.39, 0.29) is 6.10 Å². The number of para-hydroxylation sites is 1. The highest BCUT2D eigenvalue weighted by Gasteiger charge is 2.11. The number of hydrogen-bond acceptors (Lipinski definition) is 4. The van der Waals surface area contributed by atoms with E-state index >= 15 is 0 Å². The zero-order valence-electron chi connectivity index (χ0n) is 16.8. The summed E-state index contributed by atoms with van der Waals surface area (Å²) in [6.07, 6.45) is 2.14. The molecule has 2 rings (SSSR count). The Morgan fingerprint density at radius 3 is 2.22 bits per heavy atom. The summed E-state index contributed by atoms with van der Waals surface area (Å²) >= 11 is 0. The van der Waals surface area contributed by atoms with E-state index in [1.807, 2.05) is 18.2 Å². The Kier molecular flexibility index (Phi) is 7.27. The molecule has 1 atom stereocenters. The van der Waals surface area contributed by atoms with Gasteiger partial charge in [-0.25, -0.2) is 8.42 Å². The van der Waals surface area contributed by atoms with E-state index in [4.69, 9.17) is 4.74 Å². The Hall–Kier alpha value is -2.05. The first-order valence-electron chi connectivity index (χ1n) is 9.12. The molecular weight excluding hydrogens is 360 g/mol. The van der Waals surface area contributed by atoms with Gasteiger partial charge >= 0.3 is 0 Å². The van der Waals surface area contributed by atoms with Crippen molar-refractivity contribution in [3.05, 3.63) is 59.2 Å². The van der Waals surface area contributed by atoms with Gasteiger partial charge in [0.1, 0.15) is 11.9 Å². The lowest BCUT2D eigenvalue weighted by Crippen LogP contribution is -2.32. The average Bonchev–Trinajstić information content (AvgIpc) is 2.56. The van der Waals surface area contributed by atoms with Crippen molar-refractivity contribution in [2.75, 3.05) is 31.1 Å². The number of sulfonamides is 1. The minimum Gasteiger partial charge on any atom is -0.489 e. The molecule has 0 aliphatic rings. The van der Waals surface area contributed by atoms with E-state index < -0.39 is 10.0 Å². The average molecular weight is 391 g/mol. The number of ether oxygens (including phenoxy) is 1. The normalized spacial score (nSPS) is 12.8. The second-order valence-corrected chi connectivity index (χ2v) is 8.98. The molecule has 148 valence electrons. The zero-order valence-corrected chi connectivity index (χ0v) is 17.6. The van der Waals surface area contributed by atoms with Crippen LogP contribution in [0.25, 0.3) is 0 Å². The van der Waals surface area contributed by atoms with Crippen LogP contribution in [0.2, 0.25) is 0 Å². The largest absolute Gasteiger partial charge is 0.489 e. The predicted molar refractivity (Wildman–Crippen MR) is 112 cm³/mol. The molecule has 0 saturated carbocycles. The second kappa shape index (κ2) is 9.24. The third kappa shape index (κ3) is 7.23. The van der Waals surface area contributed by atoms with Crippen LogP contribution in [0.15, 0.2) is 42.5 Å². The smallest absolute Gasteiger partial charge is 0.229 e. The number of likely N-dealkylation sites (N-methyl/N-ethyl adjacent to an activating group) is 1. The van der Waals surface area contributed by atoms with E-state index in [9.17, 15) is 8.42 Å². The van der Waals surface area contributed by atoms with Crippen LogP contribution in [0.5, 0.6) is 5.75 Å². The van der Waals surface area contributed by atoms with Crippen molar-refractivity contribution < 1.29 is 13.2 Å². The van der Waals surface area contributed by atoms with Crippen LogP contribution >= 0.6 is 0 Å². The Bertz CT molecular complexity index is 828. The summed E-state index contributed by atoms with van der Waals surface area (Å²) in [6.45, 7) is 7.97. The molecule has 2 aromatic carbocycles. The minimum absolute atomic E-state index is 0.0936. The molecule has 0 aliphatic carbocycles. The third-order valence-corrected chi connectivity index (χ3v) is 4.94. The monoisotopic (exact) mass is 390 g/mol. The van der Waals surface area contributed by atoms with Gasteiger partial charge in [-0.2, -0.15) is 0 Å². The fourth-order valence-corrected chi connectivity index (χ4v) is 3.59. The van der Waals surface area contributed by atoms with Crippen molar-refractivity contribution in [3.63, 3.8) is 0 Å². The van der Waals surface area contributed by atoms with Gasteiger partial charge in [-0.15, -0.1) is 0 Å². The summed E-state index contributed by atoms with van der Waals surface area (Å²) in [4.78, 5) is 2.25. The second-order valence-electron chi connectivity index (χ2n) is 7.23.